The predicted octanol–water partition coefficient (Wildman–Crippen LogP) is 5.05. The van der Waals surface area contributed by atoms with Crippen molar-refractivity contribution in [3.8, 4) is 22.6 Å². The molecule has 4 aromatic rings. The van der Waals surface area contributed by atoms with Crippen LogP contribution in [0.4, 0.5) is 10.5 Å². The first-order valence-electron chi connectivity index (χ1n) is 18.4. The maximum absolute atomic E-state index is 13.4. The number of urea groups is 1. The number of rotatable bonds is 10. The van der Waals surface area contributed by atoms with Crippen LogP contribution in [0.1, 0.15) is 48.0 Å². The fraction of sp³-hybridized carbons (Fsp3) is 0.425. The molecule has 3 aliphatic rings. The molecular formula is C40H45ClN6O7. The Morgan fingerprint density at radius 3 is 2.26 bits per heavy atom. The van der Waals surface area contributed by atoms with Gasteiger partial charge in [-0.25, -0.2) is 4.79 Å². The first-order chi connectivity index (χ1) is 26.1. The average molecular weight is 757 g/mol. The lowest BCUT2D eigenvalue weighted by Crippen LogP contribution is -2.49. The van der Waals surface area contributed by atoms with Crippen molar-refractivity contribution in [2.24, 2.45) is 7.05 Å². The second-order valence-corrected chi connectivity index (χ2v) is 14.5. The van der Waals surface area contributed by atoms with Crippen molar-refractivity contribution in [1.82, 2.24) is 24.7 Å². The van der Waals surface area contributed by atoms with E-state index in [0.29, 0.717) is 34.7 Å². The number of amides is 4. The van der Waals surface area contributed by atoms with Gasteiger partial charge in [0.2, 0.25) is 5.91 Å². The zero-order valence-corrected chi connectivity index (χ0v) is 31.6. The summed E-state index contributed by atoms with van der Waals surface area (Å²) >= 11 is 6.39. The van der Waals surface area contributed by atoms with Crippen LogP contribution in [0.5, 0.6) is 11.5 Å². The molecule has 0 spiro atoms. The molecule has 3 saturated heterocycles. The lowest BCUT2D eigenvalue weighted by molar-refractivity contribution is -0.120. The highest BCUT2D eigenvalue weighted by molar-refractivity contribution is 6.34. The van der Waals surface area contributed by atoms with E-state index in [9.17, 15) is 19.2 Å². The van der Waals surface area contributed by atoms with E-state index in [4.69, 9.17) is 25.8 Å². The molecule has 0 atom stereocenters. The Morgan fingerprint density at radius 1 is 0.907 bits per heavy atom. The van der Waals surface area contributed by atoms with Crippen LogP contribution in [-0.2, 0) is 23.0 Å². The van der Waals surface area contributed by atoms with E-state index < -0.39 is 6.03 Å². The van der Waals surface area contributed by atoms with Gasteiger partial charge in [0.1, 0.15) is 11.5 Å². The van der Waals surface area contributed by atoms with Gasteiger partial charge in [-0.15, -0.1) is 0 Å². The van der Waals surface area contributed by atoms with Crippen molar-refractivity contribution < 1.29 is 28.6 Å². The number of carbonyl (C=O) groups excluding carboxylic acids is 3. The maximum Gasteiger partial charge on any atom is 0.328 e. The van der Waals surface area contributed by atoms with Crippen molar-refractivity contribution in [1.29, 1.82) is 0 Å². The Bertz CT molecular complexity index is 2100. The predicted molar refractivity (Wildman–Crippen MR) is 206 cm³/mol. The maximum atomic E-state index is 13.4. The number of halogens is 1. The quantitative estimate of drug-likeness (QED) is 0.236. The Morgan fingerprint density at radius 2 is 1.59 bits per heavy atom. The number of aromatic nitrogens is 2. The third-order valence-electron chi connectivity index (χ3n) is 10.8. The fourth-order valence-corrected chi connectivity index (χ4v) is 7.98. The molecule has 7 rings (SSSR count). The molecule has 0 aliphatic carbocycles. The minimum absolute atomic E-state index is 0.0911. The number of anilines is 1. The Hall–Kier alpha value is -4.98. The monoisotopic (exact) mass is 756 g/mol. The first-order valence-corrected chi connectivity index (χ1v) is 18.8. The van der Waals surface area contributed by atoms with Crippen LogP contribution in [0.15, 0.2) is 59.8 Å². The van der Waals surface area contributed by atoms with Gasteiger partial charge >= 0.3 is 6.03 Å². The molecule has 3 aliphatic heterocycles. The largest absolute Gasteiger partial charge is 0.496 e. The number of nitrogens with zero attached hydrogens (tertiary/aromatic N) is 5. The molecule has 1 N–H and O–H groups in total. The molecule has 2 aromatic heterocycles. The normalized spacial score (nSPS) is 17.6. The van der Waals surface area contributed by atoms with Gasteiger partial charge < -0.3 is 28.6 Å². The van der Waals surface area contributed by atoms with E-state index in [2.05, 4.69) is 15.2 Å². The molecular weight excluding hydrogens is 712 g/mol. The molecule has 0 unspecified atom stereocenters. The van der Waals surface area contributed by atoms with Crippen LogP contribution in [-0.4, -0.2) is 103 Å². The number of likely N-dealkylation sites (tertiary alicyclic amines) is 2. The lowest BCUT2D eigenvalue weighted by atomic mass is 9.97. The second kappa shape index (κ2) is 16.2. The number of hydrogen-bond acceptors (Lipinski definition) is 9. The number of carbonyl (C=O) groups is 3. The zero-order valence-electron chi connectivity index (χ0n) is 30.8. The van der Waals surface area contributed by atoms with Gasteiger partial charge in [0, 0.05) is 88.0 Å². The number of ether oxygens (including phenoxy) is 3. The van der Waals surface area contributed by atoms with Crippen molar-refractivity contribution >= 4 is 45.9 Å². The molecule has 0 saturated carbocycles. The highest BCUT2D eigenvalue weighted by Crippen LogP contribution is 2.38. The molecule has 2 aromatic carbocycles. The lowest BCUT2D eigenvalue weighted by Gasteiger charge is -2.37. The molecule has 13 nitrogen and oxygen atoms in total. The van der Waals surface area contributed by atoms with Gasteiger partial charge in [0.25, 0.3) is 11.5 Å². The fourth-order valence-electron chi connectivity index (χ4n) is 7.76. The zero-order chi connectivity index (χ0) is 37.9. The average Bonchev–Trinajstić information content (AvgIpc) is 3.19. The number of piperidine rings is 2. The Labute approximate surface area is 318 Å². The summed E-state index contributed by atoms with van der Waals surface area (Å²) in [6, 6.07) is 10.3. The van der Waals surface area contributed by atoms with Crippen molar-refractivity contribution in [2.45, 2.75) is 50.7 Å². The number of benzene rings is 2. The SMILES string of the molecule is COc1cc(-c2cn(C)c(=O)c3cnccc23)cc(OC)c1CCN1CCC(OC2CCN(C(=O)c3ccc(Cl)c(N4CCC(=O)NC4=O)c3)CC2)CC1. The van der Waals surface area contributed by atoms with Gasteiger partial charge in [0.05, 0.1) is 42.5 Å². The van der Waals surface area contributed by atoms with E-state index >= 15 is 0 Å². The van der Waals surface area contributed by atoms with Gasteiger partial charge in [0.15, 0.2) is 0 Å². The summed E-state index contributed by atoms with van der Waals surface area (Å²) in [4.78, 5) is 60.0. The van der Waals surface area contributed by atoms with Crippen molar-refractivity contribution in [3.63, 3.8) is 0 Å². The topological polar surface area (TPSA) is 136 Å². The van der Waals surface area contributed by atoms with E-state index in [0.717, 1.165) is 85.3 Å². The summed E-state index contributed by atoms with van der Waals surface area (Å²) in [5.41, 5.74) is 3.57. The minimum Gasteiger partial charge on any atom is -0.496 e. The van der Waals surface area contributed by atoms with Crippen LogP contribution in [0.2, 0.25) is 5.02 Å². The van der Waals surface area contributed by atoms with E-state index in [1.165, 1.54) is 4.90 Å². The minimum atomic E-state index is -0.542. The van der Waals surface area contributed by atoms with Gasteiger partial charge in [-0.3, -0.25) is 29.6 Å². The summed E-state index contributed by atoms with van der Waals surface area (Å²) in [6.45, 7) is 4.06. The van der Waals surface area contributed by atoms with Crippen molar-refractivity contribution in [3.05, 3.63) is 81.5 Å². The van der Waals surface area contributed by atoms with Crippen LogP contribution < -0.4 is 25.2 Å². The van der Waals surface area contributed by atoms with Gasteiger partial charge in [-0.1, -0.05) is 11.6 Å². The number of pyridine rings is 2. The number of fused-ring (bicyclic) bond motifs is 1. The van der Waals surface area contributed by atoms with Gasteiger partial charge in [-0.05, 0) is 79.5 Å². The third-order valence-corrected chi connectivity index (χ3v) is 11.1. The van der Waals surface area contributed by atoms with E-state index in [1.807, 2.05) is 29.3 Å². The standard InChI is InChI=1S/C40H45ClN6O7/c1-44-24-32(29-6-13-42-23-31(29)39(44)50)26-21-35(52-2)30(36(22-26)53-3)11-16-45-14-7-27(8-15-45)54-28-9-17-46(18-10-28)38(49)25-4-5-33(41)34(20-25)47-19-12-37(48)43-40(47)51/h4-6,13,20-24,27-28H,7-12,14-19H2,1-3H3,(H,43,48,51). The molecule has 0 bridgehead atoms. The third kappa shape index (κ3) is 7.80. The summed E-state index contributed by atoms with van der Waals surface area (Å²) in [7, 11) is 5.08. The molecule has 5 heterocycles. The van der Waals surface area contributed by atoms with Crippen LogP contribution in [0.3, 0.4) is 0 Å². The van der Waals surface area contributed by atoms with Crippen LogP contribution >= 0.6 is 11.6 Å². The molecule has 284 valence electrons. The molecule has 14 heteroatoms. The summed E-state index contributed by atoms with van der Waals surface area (Å²) in [5.74, 6) is 1.04. The summed E-state index contributed by atoms with van der Waals surface area (Å²) < 4.78 is 19.9. The molecule has 3 fully saturated rings. The summed E-state index contributed by atoms with van der Waals surface area (Å²) in [6.07, 6.45) is 9.71. The highest BCUT2D eigenvalue weighted by atomic mass is 35.5. The number of methoxy groups -OCH3 is 2. The summed E-state index contributed by atoms with van der Waals surface area (Å²) in [5, 5.41) is 4.03. The van der Waals surface area contributed by atoms with E-state index in [-0.39, 0.29) is 42.5 Å². The first kappa shape index (κ1) is 37.3. The molecule has 0 radical (unpaired) electrons. The molecule has 54 heavy (non-hydrogen) atoms. The van der Waals surface area contributed by atoms with E-state index in [1.54, 1.807) is 56.4 Å². The highest BCUT2D eigenvalue weighted by Gasteiger charge is 2.30. The molecule has 4 amide bonds. The number of nitrogens with one attached hydrogen (secondary N) is 1. The van der Waals surface area contributed by atoms with Gasteiger partial charge in [-0.2, -0.15) is 0 Å². The number of imide groups is 1. The number of hydrogen-bond donors (Lipinski definition) is 1. The number of aryl methyl sites for hydroxylation is 1. The smallest absolute Gasteiger partial charge is 0.328 e. The Kier molecular flexibility index (Phi) is 11.2. The Balaban J connectivity index is 0.909. The van der Waals surface area contributed by atoms with Crippen molar-refractivity contribution in [2.75, 3.05) is 58.4 Å². The second-order valence-electron chi connectivity index (χ2n) is 14.1. The van der Waals surface area contributed by atoms with Crippen LogP contribution in [0, 0.1) is 0 Å². The van der Waals surface area contributed by atoms with Crippen LogP contribution in [0.25, 0.3) is 21.9 Å².